The van der Waals surface area contributed by atoms with Gasteiger partial charge >= 0.3 is 5.97 Å². The molecule has 0 spiro atoms. The Hall–Kier alpha value is -1.38. The Labute approximate surface area is 70.4 Å². The maximum atomic E-state index is 11.0. The van der Waals surface area contributed by atoms with E-state index >= 15 is 0 Å². The van der Waals surface area contributed by atoms with Crippen LogP contribution in [-0.2, 0) is 17.8 Å². The van der Waals surface area contributed by atoms with Crippen LogP contribution in [0.3, 0.4) is 0 Å². The van der Waals surface area contributed by atoms with Crippen LogP contribution in [0.4, 0.5) is 0 Å². The van der Waals surface area contributed by atoms with Crippen LogP contribution in [0.1, 0.15) is 28.5 Å². The van der Waals surface area contributed by atoms with Crippen LogP contribution >= 0.6 is 0 Å². The predicted octanol–water partition coefficient (Wildman–Crippen LogP) is 1.31. The predicted molar refractivity (Wildman–Crippen MR) is 42.7 cm³/mol. The van der Waals surface area contributed by atoms with Crippen molar-refractivity contribution in [3.8, 4) is 0 Å². The number of cyclic esters (lactones) is 1. The lowest BCUT2D eigenvalue weighted by Gasteiger charge is -1.96. The molecule has 0 atom stereocenters. The van der Waals surface area contributed by atoms with Crippen molar-refractivity contribution in [2.75, 3.05) is 0 Å². The van der Waals surface area contributed by atoms with Gasteiger partial charge in [-0.15, -0.1) is 0 Å². The van der Waals surface area contributed by atoms with Crippen LogP contribution in [0, 0.1) is 0 Å². The highest BCUT2D eigenvalue weighted by Gasteiger charge is 2.22. The molecule has 0 aliphatic carbocycles. The third kappa shape index (κ3) is 0.978. The molecule has 0 aromatic carbocycles. The molecule has 1 aliphatic heterocycles. The molecule has 3 heteroatoms. The van der Waals surface area contributed by atoms with Crippen molar-refractivity contribution in [2.45, 2.75) is 20.0 Å². The summed E-state index contributed by atoms with van der Waals surface area (Å²) in [6.45, 7) is 2.44. The van der Waals surface area contributed by atoms with Gasteiger partial charge in [0.15, 0.2) is 5.69 Å². The van der Waals surface area contributed by atoms with Crippen molar-refractivity contribution in [1.82, 2.24) is 4.98 Å². The first kappa shape index (κ1) is 7.28. The van der Waals surface area contributed by atoms with Gasteiger partial charge in [-0.2, -0.15) is 0 Å². The molecule has 0 unspecified atom stereocenters. The first-order chi connectivity index (χ1) is 5.81. The highest BCUT2D eigenvalue weighted by atomic mass is 16.5. The Morgan fingerprint density at radius 3 is 3.25 bits per heavy atom. The number of hydrogen-bond acceptors (Lipinski definition) is 3. The molecule has 0 bridgehead atoms. The molecule has 3 nitrogen and oxygen atoms in total. The van der Waals surface area contributed by atoms with Crippen LogP contribution in [0.5, 0.6) is 0 Å². The molecule has 12 heavy (non-hydrogen) atoms. The zero-order valence-electron chi connectivity index (χ0n) is 6.83. The number of esters is 1. The maximum absolute atomic E-state index is 11.0. The van der Waals surface area contributed by atoms with E-state index in [2.05, 4.69) is 11.9 Å². The van der Waals surface area contributed by atoms with Gasteiger partial charge in [0.05, 0.1) is 0 Å². The number of carbonyl (C=O) groups is 1. The fourth-order valence-electron chi connectivity index (χ4n) is 1.26. The van der Waals surface area contributed by atoms with Crippen LogP contribution in [0.2, 0.25) is 0 Å². The molecule has 1 aliphatic rings. The van der Waals surface area contributed by atoms with Gasteiger partial charge in [-0.1, -0.05) is 6.92 Å². The zero-order valence-corrected chi connectivity index (χ0v) is 6.83. The number of rotatable bonds is 1. The van der Waals surface area contributed by atoms with E-state index in [1.165, 1.54) is 0 Å². The van der Waals surface area contributed by atoms with Gasteiger partial charge in [0.25, 0.3) is 0 Å². The van der Waals surface area contributed by atoms with Crippen molar-refractivity contribution < 1.29 is 9.53 Å². The minimum Gasteiger partial charge on any atom is -0.456 e. The topological polar surface area (TPSA) is 39.2 Å². The van der Waals surface area contributed by atoms with Gasteiger partial charge in [0.2, 0.25) is 0 Å². The number of carbonyl (C=O) groups excluding carboxylic acids is 1. The Morgan fingerprint density at radius 1 is 1.67 bits per heavy atom. The molecular formula is C9H9NO2. The molecule has 0 fully saturated rings. The summed E-state index contributed by atoms with van der Waals surface area (Å²) in [6.07, 6.45) is 2.67. The maximum Gasteiger partial charge on any atom is 0.357 e. The molecule has 2 heterocycles. The number of aryl methyl sites for hydroxylation is 1. The fourth-order valence-corrected chi connectivity index (χ4v) is 1.26. The second-order valence-corrected chi connectivity index (χ2v) is 2.78. The van der Waals surface area contributed by atoms with Gasteiger partial charge in [0.1, 0.15) is 6.61 Å². The Morgan fingerprint density at radius 2 is 2.50 bits per heavy atom. The van der Waals surface area contributed by atoms with E-state index in [-0.39, 0.29) is 5.97 Å². The molecule has 0 radical (unpaired) electrons. The van der Waals surface area contributed by atoms with E-state index < -0.39 is 0 Å². The summed E-state index contributed by atoms with van der Waals surface area (Å²) in [5.41, 5.74) is 2.54. The number of ether oxygens (including phenoxy) is 1. The van der Waals surface area contributed by atoms with E-state index in [0.717, 1.165) is 17.5 Å². The number of pyridine rings is 1. The number of hydrogen-bond donors (Lipinski definition) is 0. The summed E-state index contributed by atoms with van der Waals surface area (Å²) in [5.74, 6) is -0.298. The van der Waals surface area contributed by atoms with Crippen molar-refractivity contribution in [1.29, 1.82) is 0 Å². The number of aromatic nitrogens is 1. The molecule has 1 aromatic rings. The third-order valence-electron chi connectivity index (χ3n) is 1.98. The van der Waals surface area contributed by atoms with E-state index in [1.54, 1.807) is 6.20 Å². The lowest BCUT2D eigenvalue weighted by Crippen LogP contribution is -1.97. The minimum atomic E-state index is -0.298. The molecule has 0 saturated carbocycles. The lowest BCUT2D eigenvalue weighted by molar-refractivity contribution is 0.0531. The van der Waals surface area contributed by atoms with Gasteiger partial charge in [0, 0.05) is 11.8 Å². The molecule has 62 valence electrons. The van der Waals surface area contributed by atoms with Crippen molar-refractivity contribution >= 4 is 5.97 Å². The summed E-state index contributed by atoms with van der Waals surface area (Å²) in [7, 11) is 0. The Kier molecular flexibility index (Phi) is 1.57. The molecular weight excluding hydrogens is 154 g/mol. The summed E-state index contributed by atoms with van der Waals surface area (Å²) in [5, 5.41) is 0. The van der Waals surface area contributed by atoms with Crippen LogP contribution in [0.25, 0.3) is 0 Å². The molecule has 0 saturated heterocycles. The van der Waals surface area contributed by atoms with Gasteiger partial charge < -0.3 is 4.74 Å². The van der Waals surface area contributed by atoms with Gasteiger partial charge in [-0.05, 0) is 18.1 Å². The normalized spacial score (nSPS) is 14.2. The highest BCUT2D eigenvalue weighted by Crippen LogP contribution is 2.18. The third-order valence-corrected chi connectivity index (χ3v) is 1.98. The summed E-state index contributed by atoms with van der Waals surface area (Å²) in [4.78, 5) is 15.0. The smallest absolute Gasteiger partial charge is 0.357 e. The minimum absolute atomic E-state index is 0.298. The summed E-state index contributed by atoms with van der Waals surface area (Å²) >= 11 is 0. The summed E-state index contributed by atoms with van der Waals surface area (Å²) in [6, 6.07) is 1.98. The van der Waals surface area contributed by atoms with Crippen LogP contribution in [-0.4, -0.2) is 11.0 Å². The molecule has 0 N–H and O–H groups in total. The van der Waals surface area contributed by atoms with E-state index in [9.17, 15) is 4.79 Å². The van der Waals surface area contributed by atoms with Gasteiger partial charge in [-0.3, -0.25) is 0 Å². The summed E-state index contributed by atoms with van der Waals surface area (Å²) < 4.78 is 4.82. The zero-order chi connectivity index (χ0) is 8.55. The fraction of sp³-hybridized carbons (Fsp3) is 0.333. The SMILES string of the molecule is CCc1cnc2c(c1)COC2=O. The second kappa shape index (κ2) is 2.59. The van der Waals surface area contributed by atoms with Crippen LogP contribution in [0.15, 0.2) is 12.3 Å². The van der Waals surface area contributed by atoms with Crippen molar-refractivity contribution in [2.24, 2.45) is 0 Å². The van der Waals surface area contributed by atoms with E-state index in [1.807, 2.05) is 6.07 Å². The average molecular weight is 163 g/mol. The first-order valence-electron chi connectivity index (χ1n) is 3.96. The number of nitrogens with zero attached hydrogens (tertiary/aromatic N) is 1. The highest BCUT2D eigenvalue weighted by molar-refractivity contribution is 5.91. The quantitative estimate of drug-likeness (QED) is 0.586. The van der Waals surface area contributed by atoms with E-state index in [0.29, 0.717) is 12.3 Å². The average Bonchev–Trinajstić information content (AvgIpc) is 2.47. The largest absolute Gasteiger partial charge is 0.456 e. The van der Waals surface area contributed by atoms with Gasteiger partial charge in [-0.25, -0.2) is 9.78 Å². The van der Waals surface area contributed by atoms with Crippen LogP contribution < -0.4 is 0 Å². The lowest BCUT2D eigenvalue weighted by atomic mass is 10.1. The molecule has 0 amide bonds. The monoisotopic (exact) mass is 163 g/mol. The number of fused-ring (bicyclic) bond motifs is 1. The second-order valence-electron chi connectivity index (χ2n) is 2.78. The molecule has 2 rings (SSSR count). The molecule has 1 aromatic heterocycles. The van der Waals surface area contributed by atoms with E-state index in [4.69, 9.17) is 4.74 Å². The van der Waals surface area contributed by atoms with Crippen molar-refractivity contribution in [3.63, 3.8) is 0 Å². The first-order valence-corrected chi connectivity index (χ1v) is 3.96. The Balaban J connectivity index is 2.48. The Bertz CT molecular complexity index is 333. The van der Waals surface area contributed by atoms with Crippen molar-refractivity contribution in [3.05, 3.63) is 29.1 Å². The standard InChI is InChI=1S/C9H9NO2/c1-2-6-3-7-5-12-9(11)8(7)10-4-6/h3-4H,2,5H2,1H3.